The van der Waals surface area contributed by atoms with E-state index in [2.05, 4.69) is 4.90 Å². The van der Waals surface area contributed by atoms with Gasteiger partial charge in [-0.05, 0) is 48.9 Å². The molecular weight excluding hydrogens is 484 g/mol. The van der Waals surface area contributed by atoms with Gasteiger partial charge in [-0.2, -0.15) is 11.8 Å². The summed E-state index contributed by atoms with van der Waals surface area (Å²) >= 11 is 1.72. The molecule has 2 aromatic rings. The zero-order valence-corrected chi connectivity index (χ0v) is 21.2. The Hall–Kier alpha value is -3.31. The summed E-state index contributed by atoms with van der Waals surface area (Å²) in [6.45, 7) is 2.38. The van der Waals surface area contributed by atoms with Crippen LogP contribution in [0.5, 0.6) is 5.75 Å². The summed E-state index contributed by atoms with van der Waals surface area (Å²) in [5, 5.41) is 10.9. The molecular formula is C25H30N4O6S. The molecule has 4 rings (SSSR count). The molecule has 0 unspecified atom stereocenters. The van der Waals surface area contributed by atoms with Crippen molar-refractivity contribution < 1.29 is 24.0 Å². The van der Waals surface area contributed by atoms with Crippen molar-refractivity contribution >= 4 is 29.4 Å². The Labute approximate surface area is 214 Å². The van der Waals surface area contributed by atoms with Crippen LogP contribution in [-0.2, 0) is 21.9 Å². The quantitative estimate of drug-likeness (QED) is 0.390. The highest BCUT2D eigenvalue weighted by molar-refractivity contribution is 7.99. The summed E-state index contributed by atoms with van der Waals surface area (Å²) in [6, 6.07) is 13.2. The number of non-ortho nitro benzene ring substituents is 1. The van der Waals surface area contributed by atoms with Gasteiger partial charge in [0, 0.05) is 42.8 Å². The summed E-state index contributed by atoms with van der Waals surface area (Å²) in [4.78, 5) is 42.2. The van der Waals surface area contributed by atoms with E-state index in [1.54, 1.807) is 35.9 Å². The molecule has 2 aromatic carbocycles. The van der Waals surface area contributed by atoms with E-state index in [1.807, 2.05) is 31.3 Å². The van der Waals surface area contributed by atoms with Crippen LogP contribution in [0.2, 0.25) is 0 Å². The second kappa shape index (κ2) is 11.6. The first-order chi connectivity index (χ1) is 17.3. The Kier molecular flexibility index (Phi) is 8.32. The number of nitro groups is 1. The van der Waals surface area contributed by atoms with E-state index in [9.17, 15) is 19.7 Å². The van der Waals surface area contributed by atoms with Crippen LogP contribution in [0, 0.1) is 10.1 Å². The Morgan fingerprint density at radius 3 is 2.39 bits per heavy atom. The predicted octanol–water partition coefficient (Wildman–Crippen LogP) is 3.35. The molecule has 0 aromatic heterocycles. The van der Waals surface area contributed by atoms with Crippen LogP contribution in [0.25, 0.3) is 0 Å². The zero-order chi connectivity index (χ0) is 25.7. The fraction of sp³-hybridized carbons (Fsp3) is 0.440. The lowest BCUT2D eigenvalue weighted by atomic mass is 10.2. The minimum absolute atomic E-state index is 0.0235. The van der Waals surface area contributed by atoms with Gasteiger partial charge in [0.1, 0.15) is 18.4 Å². The van der Waals surface area contributed by atoms with Gasteiger partial charge in [0.2, 0.25) is 5.91 Å². The SMILES string of the molecule is COc1ccc(CS[C@H]2C[C@@H](C(=O)N3CCN(C)C3)N(C(=O)OCc3ccc([N+](=O)[O-])cc3)C2)cc1. The van der Waals surface area contributed by atoms with Gasteiger partial charge in [-0.15, -0.1) is 0 Å². The van der Waals surface area contributed by atoms with Crippen LogP contribution in [0.15, 0.2) is 48.5 Å². The number of ether oxygens (including phenoxy) is 2. The van der Waals surface area contributed by atoms with Crippen LogP contribution < -0.4 is 4.74 Å². The molecule has 2 saturated heterocycles. The average Bonchev–Trinajstić information content (AvgIpc) is 3.52. The van der Waals surface area contributed by atoms with Crippen molar-refractivity contribution in [1.29, 1.82) is 0 Å². The lowest BCUT2D eigenvalue weighted by Gasteiger charge is -2.27. The van der Waals surface area contributed by atoms with Gasteiger partial charge >= 0.3 is 6.09 Å². The molecule has 0 saturated carbocycles. The van der Waals surface area contributed by atoms with Crippen LogP contribution >= 0.6 is 11.8 Å². The second-order valence-corrected chi connectivity index (χ2v) is 10.3. The molecule has 10 nitrogen and oxygen atoms in total. The fourth-order valence-corrected chi connectivity index (χ4v) is 5.55. The number of likely N-dealkylation sites (N-methyl/N-ethyl adjacent to an activating group) is 1. The molecule has 0 radical (unpaired) electrons. The minimum atomic E-state index is -0.575. The Morgan fingerprint density at radius 2 is 1.78 bits per heavy atom. The second-order valence-electron chi connectivity index (χ2n) is 8.99. The summed E-state index contributed by atoms with van der Waals surface area (Å²) in [5.41, 5.74) is 1.76. The van der Waals surface area contributed by atoms with Gasteiger partial charge in [0.25, 0.3) is 5.69 Å². The average molecular weight is 515 g/mol. The van der Waals surface area contributed by atoms with E-state index >= 15 is 0 Å². The third-order valence-corrected chi connectivity index (χ3v) is 7.72. The molecule has 0 spiro atoms. The molecule has 0 N–H and O–H groups in total. The number of hydrogen-bond donors (Lipinski definition) is 0. The number of methoxy groups -OCH3 is 1. The monoisotopic (exact) mass is 514 g/mol. The van der Waals surface area contributed by atoms with Crippen LogP contribution in [0.3, 0.4) is 0 Å². The van der Waals surface area contributed by atoms with Gasteiger partial charge in [-0.1, -0.05) is 12.1 Å². The number of amides is 2. The van der Waals surface area contributed by atoms with E-state index < -0.39 is 17.1 Å². The smallest absolute Gasteiger partial charge is 0.410 e. The molecule has 2 atom stereocenters. The van der Waals surface area contributed by atoms with E-state index in [1.165, 1.54) is 17.0 Å². The normalized spacial score (nSPS) is 19.9. The molecule has 2 aliphatic heterocycles. The summed E-state index contributed by atoms with van der Waals surface area (Å²) in [6.07, 6.45) is 0.0127. The Bertz CT molecular complexity index is 1080. The Balaban J connectivity index is 1.40. The van der Waals surface area contributed by atoms with Crippen molar-refractivity contribution in [2.75, 3.05) is 40.5 Å². The maximum Gasteiger partial charge on any atom is 0.410 e. The van der Waals surface area contributed by atoms with Gasteiger partial charge in [0.05, 0.1) is 18.7 Å². The predicted molar refractivity (Wildman–Crippen MR) is 136 cm³/mol. The van der Waals surface area contributed by atoms with Crippen molar-refractivity contribution in [1.82, 2.24) is 14.7 Å². The van der Waals surface area contributed by atoms with Crippen molar-refractivity contribution in [3.63, 3.8) is 0 Å². The van der Waals surface area contributed by atoms with Crippen LogP contribution in [0.1, 0.15) is 17.5 Å². The number of carbonyl (C=O) groups is 2. The first kappa shape index (κ1) is 25.8. The van der Waals surface area contributed by atoms with Crippen molar-refractivity contribution in [2.24, 2.45) is 0 Å². The first-order valence-electron chi connectivity index (χ1n) is 11.7. The maximum atomic E-state index is 13.3. The van der Waals surface area contributed by atoms with E-state index in [0.717, 1.165) is 23.6 Å². The molecule has 192 valence electrons. The lowest BCUT2D eigenvalue weighted by molar-refractivity contribution is -0.384. The van der Waals surface area contributed by atoms with Gasteiger partial charge in [0.15, 0.2) is 0 Å². The number of nitro benzene ring substituents is 1. The van der Waals surface area contributed by atoms with Crippen molar-refractivity contribution in [3.8, 4) is 5.75 Å². The van der Waals surface area contributed by atoms with Crippen molar-refractivity contribution in [3.05, 3.63) is 69.8 Å². The van der Waals surface area contributed by atoms with Crippen LogP contribution in [0.4, 0.5) is 10.5 Å². The summed E-state index contributed by atoms with van der Waals surface area (Å²) in [5.74, 6) is 1.50. The fourth-order valence-electron chi connectivity index (χ4n) is 4.35. The number of carbonyl (C=O) groups excluding carboxylic acids is 2. The number of nitrogens with zero attached hydrogens (tertiary/aromatic N) is 4. The molecule has 2 amide bonds. The topological polar surface area (TPSA) is 105 Å². The number of likely N-dealkylation sites (tertiary alicyclic amines) is 1. The Morgan fingerprint density at radius 1 is 1.08 bits per heavy atom. The third-order valence-electron chi connectivity index (χ3n) is 6.41. The van der Waals surface area contributed by atoms with Crippen LogP contribution in [-0.4, -0.2) is 83.4 Å². The highest BCUT2D eigenvalue weighted by Gasteiger charge is 2.43. The number of benzene rings is 2. The highest BCUT2D eigenvalue weighted by Crippen LogP contribution is 2.32. The zero-order valence-electron chi connectivity index (χ0n) is 20.4. The van der Waals surface area contributed by atoms with Gasteiger partial charge in [-0.25, -0.2) is 4.79 Å². The highest BCUT2D eigenvalue weighted by atomic mass is 32.2. The molecule has 2 fully saturated rings. The summed E-state index contributed by atoms with van der Waals surface area (Å²) in [7, 11) is 3.60. The summed E-state index contributed by atoms with van der Waals surface area (Å²) < 4.78 is 10.7. The number of thioether (sulfide) groups is 1. The minimum Gasteiger partial charge on any atom is -0.497 e. The van der Waals surface area contributed by atoms with E-state index in [0.29, 0.717) is 31.7 Å². The molecule has 11 heteroatoms. The molecule has 0 aliphatic carbocycles. The largest absolute Gasteiger partial charge is 0.497 e. The third kappa shape index (κ3) is 6.27. The van der Waals surface area contributed by atoms with Gasteiger partial charge in [-0.3, -0.25) is 24.7 Å². The van der Waals surface area contributed by atoms with E-state index in [-0.39, 0.29) is 23.5 Å². The standard InChI is InChI=1S/C25H30N4O6S/c1-26-11-12-27(17-26)24(30)23-13-22(36-16-19-5-9-21(34-2)10-6-19)14-28(23)25(31)35-15-18-3-7-20(8-4-18)29(32)33/h3-10,22-23H,11-17H2,1-2H3/t22-,23-/m0/s1. The number of rotatable bonds is 8. The van der Waals surface area contributed by atoms with Crippen molar-refractivity contribution in [2.45, 2.75) is 30.1 Å². The first-order valence-corrected chi connectivity index (χ1v) is 12.8. The molecule has 2 aliphatic rings. The lowest BCUT2D eigenvalue weighted by Crippen LogP contribution is -2.47. The molecule has 0 bridgehead atoms. The van der Waals surface area contributed by atoms with E-state index in [4.69, 9.17) is 9.47 Å². The molecule has 2 heterocycles. The van der Waals surface area contributed by atoms with Gasteiger partial charge < -0.3 is 14.4 Å². The maximum absolute atomic E-state index is 13.3. The number of hydrogen-bond acceptors (Lipinski definition) is 8. The molecule has 36 heavy (non-hydrogen) atoms.